The quantitative estimate of drug-likeness (QED) is 0.789. The molecule has 0 fully saturated rings. The van der Waals surface area contributed by atoms with Crippen molar-refractivity contribution in [2.45, 2.75) is 47.1 Å². The second kappa shape index (κ2) is 7.47. The number of hydrogen-bond acceptors (Lipinski definition) is 3. The number of anilines is 2. The minimum absolute atomic E-state index is 0.0361. The summed E-state index contributed by atoms with van der Waals surface area (Å²) in [7, 11) is 0. The number of amides is 1. The molecule has 0 bridgehead atoms. The van der Waals surface area contributed by atoms with Crippen LogP contribution in [0.5, 0.6) is 0 Å². The molecule has 6 heteroatoms. The van der Waals surface area contributed by atoms with Gasteiger partial charge in [0.15, 0.2) is 0 Å². The van der Waals surface area contributed by atoms with E-state index in [1.54, 1.807) is 12.1 Å². The van der Waals surface area contributed by atoms with E-state index in [0.717, 1.165) is 29.9 Å². The van der Waals surface area contributed by atoms with Gasteiger partial charge in [-0.25, -0.2) is 9.37 Å². The summed E-state index contributed by atoms with van der Waals surface area (Å²) in [4.78, 5) is 19.0. The molecule has 144 valence electrons. The number of nitrogens with zero attached hydrogens (tertiary/aromatic N) is 2. The van der Waals surface area contributed by atoms with Gasteiger partial charge in [0.2, 0.25) is 5.91 Å². The minimum Gasteiger partial charge on any atom is -0.365 e. The van der Waals surface area contributed by atoms with E-state index < -0.39 is 0 Å². The van der Waals surface area contributed by atoms with Gasteiger partial charge in [-0.2, -0.15) is 0 Å². The lowest BCUT2D eigenvalue weighted by atomic mass is 9.92. The van der Waals surface area contributed by atoms with Crippen molar-refractivity contribution >= 4 is 29.0 Å². The fraction of sp³-hybridized carbons (Fsp3) is 0.429. The molecule has 0 saturated heterocycles. The first-order valence-corrected chi connectivity index (χ1v) is 9.50. The van der Waals surface area contributed by atoms with Crippen molar-refractivity contribution in [3.05, 3.63) is 51.9 Å². The lowest BCUT2D eigenvalue weighted by Gasteiger charge is -2.21. The average molecular weight is 390 g/mol. The molecule has 0 atom stereocenters. The fourth-order valence-corrected chi connectivity index (χ4v) is 3.50. The highest BCUT2D eigenvalue weighted by atomic mass is 35.5. The Morgan fingerprint density at radius 3 is 2.78 bits per heavy atom. The van der Waals surface area contributed by atoms with Crippen molar-refractivity contribution in [3.8, 4) is 0 Å². The predicted octanol–water partition coefficient (Wildman–Crippen LogP) is 5.12. The van der Waals surface area contributed by atoms with Gasteiger partial charge in [0.25, 0.3) is 0 Å². The molecule has 0 spiro atoms. The van der Waals surface area contributed by atoms with E-state index in [1.165, 1.54) is 6.07 Å². The van der Waals surface area contributed by atoms with Gasteiger partial charge < -0.3 is 10.2 Å². The number of hydrogen-bond donors (Lipinski definition) is 1. The third-order valence-corrected chi connectivity index (χ3v) is 4.94. The normalized spacial score (nSPS) is 13.6. The molecule has 2 aromatic rings. The van der Waals surface area contributed by atoms with Gasteiger partial charge in [-0.05, 0) is 36.1 Å². The van der Waals surface area contributed by atoms with Crippen LogP contribution in [0, 0.1) is 18.2 Å². The van der Waals surface area contributed by atoms with Gasteiger partial charge in [-0.15, -0.1) is 0 Å². The maximum atomic E-state index is 14.1. The molecule has 0 saturated carbocycles. The largest absolute Gasteiger partial charge is 0.365 e. The number of benzene rings is 1. The molecule has 1 N–H and O–H groups in total. The molecule has 27 heavy (non-hydrogen) atoms. The summed E-state index contributed by atoms with van der Waals surface area (Å²) in [6.07, 6.45) is 1.19. The molecule has 1 aliphatic rings. The Balaban J connectivity index is 1.80. The van der Waals surface area contributed by atoms with Gasteiger partial charge in [0.1, 0.15) is 11.6 Å². The third kappa shape index (κ3) is 4.59. The molecule has 3 rings (SSSR count). The highest BCUT2D eigenvalue weighted by molar-refractivity contribution is 6.31. The molecule has 1 aromatic heterocycles. The summed E-state index contributed by atoms with van der Waals surface area (Å²) in [5.41, 5.74) is 3.19. The summed E-state index contributed by atoms with van der Waals surface area (Å²) >= 11 is 6.17. The maximum absolute atomic E-state index is 14.1. The third-order valence-electron chi connectivity index (χ3n) is 4.59. The lowest BCUT2D eigenvalue weighted by Crippen LogP contribution is -2.22. The van der Waals surface area contributed by atoms with Crippen LogP contribution in [-0.4, -0.2) is 17.4 Å². The highest BCUT2D eigenvalue weighted by Gasteiger charge is 2.25. The average Bonchev–Trinajstić information content (AvgIpc) is 2.91. The number of fused-ring (bicyclic) bond motifs is 1. The van der Waals surface area contributed by atoms with Crippen LogP contribution in [0.3, 0.4) is 0 Å². The summed E-state index contributed by atoms with van der Waals surface area (Å²) in [6.45, 7) is 9.15. The highest BCUT2D eigenvalue weighted by Crippen LogP contribution is 2.33. The number of rotatable bonds is 4. The number of nitrogens with one attached hydrogen (secondary N) is 1. The Morgan fingerprint density at radius 1 is 1.37 bits per heavy atom. The number of aryl methyl sites for hydroxylation is 1. The van der Waals surface area contributed by atoms with Gasteiger partial charge in [-0.1, -0.05) is 38.4 Å². The van der Waals surface area contributed by atoms with Gasteiger partial charge in [0.05, 0.1) is 11.4 Å². The van der Waals surface area contributed by atoms with E-state index in [9.17, 15) is 9.18 Å². The minimum atomic E-state index is -0.299. The van der Waals surface area contributed by atoms with Gasteiger partial charge in [0, 0.05) is 36.5 Å². The van der Waals surface area contributed by atoms with Crippen molar-refractivity contribution in [1.29, 1.82) is 0 Å². The van der Waals surface area contributed by atoms with Crippen molar-refractivity contribution in [1.82, 2.24) is 4.98 Å². The van der Waals surface area contributed by atoms with E-state index in [1.807, 2.05) is 33.8 Å². The Kier molecular flexibility index (Phi) is 5.43. The first kappa shape index (κ1) is 19.6. The second-order valence-electron chi connectivity index (χ2n) is 8.28. The molecule has 0 radical (unpaired) electrons. The Hall–Kier alpha value is -2.14. The van der Waals surface area contributed by atoms with Crippen molar-refractivity contribution < 1.29 is 9.18 Å². The van der Waals surface area contributed by atoms with Crippen molar-refractivity contribution in [2.24, 2.45) is 5.41 Å². The van der Waals surface area contributed by atoms with Crippen molar-refractivity contribution in [2.75, 3.05) is 16.8 Å². The summed E-state index contributed by atoms with van der Waals surface area (Å²) in [5, 5.41) is 3.36. The maximum Gasteiger partial charge on any atom is 0.226 e. The van der Waals surface area contributed by atoms with E-state index in [2.05, 4.69) is 15.2 Å². The fourth-order valence-electron chi connectivity index (χ4n) is 3.28. The molecular weight excluding hydrogens is 365 g/mol. The molecule has 1 aliphatic heterocycles. The number of carbonyl (C=O) groups excluding carboxylic acids is 1. The first-order valence-electron chi connectivity index (χ1n) is 9.12. The zero-order valence-corrected chi connectivity index (χ0v) is 17.0. The zero-order chi connectivity index (χ0) is 19.8. The van der Waals surface area contributed by atoms with Crippen LogP contribution in [0.4, 0.5) is 15.9 Å². The van der Waals surface area contributed by atoms with Crippen LogP contribution in [0.2, 0.25) is 5.02 Å². The van der Waals surface area contributed by atoms with Crippen molar-refractivity contribution in [3.63, 3.8) is 0 Å². The number of carbonyl (C=O) groups is 1. The summed E-state index contributed by atoms with van der Waals surface area (Å²) in [5.74, 6) is 0.270. The monoisotopic (exact) mass is 389 g/mol. The van der Waals surface area contributed by atoms with Crippen LogP contribution in [-0.2, 0) is 17.8 Å². The van der Waals surface area contributed by atoms with E-state index in [-0.39, 0.29) is 17.1 Å². The SMILES string of the molecule is Cc1cc2c(nc1NC(=O)CC(C)(C)C)CCN2Cc1c(F)cccc1Cl. The Labute approximate surface area is 164 Å². The Bertz CT molecular complexity index is 856. The summed E-state index contributed by atoms with van der Waals surface area (Å²) < 4.78 is 14.1. The predicted molar refractivity (Wildman–Crippen MR) is 108 cm³/mol. The van der Waals surface area contributed by atoms with E-state index in [0.29, 0.717) is 29.4 Å². The summed E-state index contributed by atoms with van der Waals surface area (Å²) in [6, 6.07) is 6.75. The van der Waals surface area contributed by atoms with Gasteiger partial charge in [-0.3, -0.25) is 4.79 Å². The molecule has 0 unspecified atom stereocenters. The molecule has 0 aliphatic carbocycles. The standard InChI is InChI=1S/C21H25ClFN3O/c1-13-10-18-17(24-20(13)25-19(27)11-21(2,3)4)8-9-26(18)12-14-15(22)6-5-7-16(14)23/h5-7,10H,8-9,11-12H2,1-4H3,(H,24,25,27). The molecular formula is C21H25ClFN3O. The number of aromatic nitrogens is 1. The zero-order valence-electron chi connectivity index (χ0n) is 16.2. The van der Waals surface area contributed by atoms with Crippen LogP contribution < -0.4 is 10.2 Å². The molecule has 1 aromatic carbocycles. The Morgan fingerprint density at radius 2 is 2.11 bits per heavy atom. The van der Waals surface area contributed by atoms with Gasteiger partial charge >= 0.3 is 0 Å². The van der Waals surface area contributed by atoms with Crippen LogP contribution >= 0.6 is 11.6 Å². The van der Waals surface area contributed by atoms with Crippen LogP contribution in [0.1, 0.15) is 44.0 Å². The first-order chi connectivity index (χ1) is 12.6. The molecule has 2 heterocycles. The van der Waals surface area contributed by atoms with Crippen LogP contribution in [0.25, 0.3) is 0 Å². The molecule has 1 amide bonds. The second-order valence-corrected chi connectivity index (χ2v) is 8.68. The number of pyridine rings is 1. The smallest absolute Gasteiger partial charge is 0.226 e. The van der Waals surface area contributed by atoms with E-state index in [4.69, 9.17) is 11.6 Å². The number of halogens is 2. The topological polar surface area (TPSA) is 45.2 Å². The lowest BCUT2D eigenvalue weighted by molar-refractivity contribution is -0.117. The molecule has 4 nitrogen and oxygen atoms in total. The van der Waals surface area contributed by atoms with Crippen LogP contribution in [0.15, 0.2) is 24.3 Å². The van der Waals surface area contributed by atoms with E-state index >= 15 is 0 Å².